The molecule has 2 unspecified atom stereocenters. The van der Waals surface area contributed by atoms with Crippen LogP contribution in [0.3, 0.4) is 0 Å². The van der Waals surface area contributed by atoms with Crippen LogP contribution in [0.15, 0.2) is 24.3 Å². The van der Waals surface area contributed by atoms with Gasteiger partial charge in [-0.05, 0) is 69.9 Å². The van der Waals surface area contributed by atoms with Gasteiger partial charge >= 0.3 is 0 Å². The van der Waals surface area contributed by atoms with Crippen molar-refractivity contribution in [3.8, 4) is 0 Å². The molecule has 1 aromatic carbocycles. The van der Waals surface area contributed by atoms with E-state index in [1.165, 1.54) is 70.4 Å². The van der Waals surface area contributed by atoms with Crippen LogP contribution >= 0.6 is 11.6 Å². The second kappa shape index (κ2) is 9.34. The van der Waals surface area contributed by atoms with Gasteiger partial charge in [0.05, 0.1) is 6.10 Å². The van der Waals surface area contributed by atoms with Gasteiger partial charge in [0.1, 0.15) is 0 Å². The molecule has 2 heterocycles. The van der Waals surface area contributed by atoms with Crippen molar-refractivity contribution in [1.29, 1.82) is 0 Å². The lowest BCUT2D eigenvalue weighted by Gasteiger charge is -2.44. The van der Waals surface area contributed by atoms with Crippen LogP contribution in [0.1, 0.15) is 38.5 Å². The maximum atomic E-state index is 6.15. The van der Waals surface area contributed by atoms with Crippen molar-refractivity contribution in [2.24, 2.45) is 5.41 Å². The fourth-order valence-electron chi connectivity index (χ4n) is 5.81. The Bertz CT molecular complexity index is 634. The van der Waals surface area contributed by atoms with Gasteiger partial charge in [0.25, 0.3) is 0 Å². The number of piperazine rings is 1. The largest absolute Gasteiger partial charge is 0.381 e. The van der Waals surface area contributed by atoms with E-state index in [0.717, 1.165) is 31.2 Å². The van der Waals surface area contributed by atoms with Crippen molar-refractivity contribution in [3.05, 3.63) is 29.3 Å². The highest BCUT2D eigenvalue weighted by Gasteiger charge is 2.45. The fraction of sp³-hybridized carbons (Fsp3) is 0.739. The molecule has 3 fully saturated rings. The normalized spacial score (nSPS) is 29.6. The van der Waals surface area contributed by atoms with Gasteiger partial charge in [-0.15, -0.1) is 0 Å². The highest BCUT2D eigenvalue weighted by atomic mass is 35.5. The number of benzene rings is 1. The summed E-state index contributed by atoms with van der Waals surface area (Å²) in [6.45, 7) is 9.51. The lowest BCUT2D eigenvalue weighted by molar-refractivity contribution is -0.0352. The minimum atomic E-state index is 0.454. The first kappa shape index (κ1) is 20.5. The quantitative estimate of drug-likeness (QED) is 0.708. The lowest BCUT2D eigenvalue weighted by atomic mass is 9.76. The van der Waals surface area contributed by atoms with Crippen molar-refractivity contribution in [2.75, 3.05) is 64.4 Å². The van der Waals surface area contributed by atoms with Crippen molar-refractivity contribution in [3.63, 3.8) is 0 Å². The maximum absolute atomic E-state index is 6.15. The van der Waals surface area contributed by atoms with Gasteiger partial charge in [0.15, 0.2) is 0 Å². The monoisotopic (exact) mass is 405 g/mol. The first-order chi connectivity index (χ1) is 13.7. The van der Waals surface area contributed by atoms with Gasteiger partial charge in [-0.1, -0.05) is 24.1 Å². The molecule has 156 valence electrons. The Labute approximate surface area is 175 Å². The SMILES string of the molecule is COC1CCCC12CCCN(CCCN1CCN(c3cccc(Cl)c3)CC1)C2. The molecule has 0 aromatic heterocycles. The number of hydrogen-bond donors (Lipinski definition) is 0. The topological polar surface area (TPSA) is 19.0 Å². The van der Waals surface area contributed by atoms with Crippen LogP contribution in [0, 0.1) is 5.41 Å². The van der Waals surface area contributed by atoms with E-state index in [0.29, 0.717) is 11.5 Å². The molecule has 4 rings (SSSR count). The third-order valence-electron chi connectivity index (χ3n) is 7.29. The number of halogens is 1. The van der Waals surface area contributed by atoms with Gasteiger partial charge in [0, 0.05) is 56.0 Å². The van der Waals surface area contributed by atoms with E-state index >= 15 is 0 Å². The first-order valence-corrected chi connectivity index (χ1v) is 11.5. The van der Waals surface area contributed by atoms with Crippen LogP contribution in [0.5, 0.6) is 0 Å². The highest BCUT2D eigenvalue weighted by molar-refractivity contribution is 6.30. The Morgan fingerprint density at radius 2 is 1.82 bits per heavy atom. The Hall–Kier alpha value is -0.810. The van der Waals surface area contributed by atoms with E-state index in [1.54, 1.807) is 0 Å². The Morgan fingerprint density at radius 1 is 1.04 bits per heavy atom. The van der Waals surface area contributed by atoms with Crippen molar-refractivity contribution >= 4 is 17.3 Å². The number of piperidine rings is 1. The van der Waals surface area contributed by atoms with Crippen LogP contribution in [0.2, 0.25) is 5.02 Å². The molecular weight excluding hydrogens is 370 g/mol. The molecule has 1 saturated carbocycles. The van der Waals surface area contributed by atoms with E-state index in [4.69, 9.17) is 16.3 Å². The molecule has 0 N–H and O–H groups in total. The molecule has 4 nitrogen and oxygen atoms in total. The van der Waals surface area contributed by atoms with Crippen molar-refractivity contribution in [2.45, 2.75) is 44.6 Å². The molecule has 1 aliphatic carbocycles. The predicted octanol–water partition coefficient (Wildman–Crippen LogP) is 4.13. The summed E-state index contributed by atoms with van der Waals surface area (Å²) in [5.41, 5.74) is 1.71. The molecule has 5 heteroatoms. The van der Waals surface area contributed by atoms with E-state index in [-0.39, 0.29) is 0 Å². The summed E-state index contributed by atoms with van der Waals surface area (Å²) in [6, 6.07) is 8.25. The molecule has 28 heavy (non-hydrogen) atoms. The van der Waals surface area contributed by atoms with E-state index in [2.05, 4.69) is 26.8 Å². The number of rotatable bonds is 6. The summed E-state index contributed by atoms with van der Waals surface area (Å²) < 4.78 is 5.86. The van der Waals surface area contributed by atoms with Crippen molar-refractivity contribution in [1.82, 2.24) is 9.80 Å². The average Bonchev–Trinajstić information content (AvgIpc) is 3.10. The molecule has 2 atom stereocenters. The predicted molar refractivity (Wildman–Crippen MR) is 117 cm³/mol. The smallest absolute Gasteiger partial charge is 0.0639 e. The number of likely N-dealkylation sites (tertiary alicyclic amines) is 1. The molecular formula is C23H36ClN3O. The zero-order valence-electron chi connectivity index (χ0n) is 17.4. The Kier molecular flexibility index (Phi) is 6.82. The summed E-state index contributed by atoms with van der Waals surface area (Å²) >= 11 is 6.15. The molecule has 0 bridgehead atoms. The molecule has 0 amide bonds. The second-order valence-electron chi connectivity index (χ2n) is 9.02. The number of hydrogen-bond acceptors (Lipinski definition) is 4. The Morgan fingerprint density at radius 3 is 2.61 bits per heavy atom. The average molecular weight is 406 g/mol. The Balaban J connectivity index is 1.19. The fourth-order valence-corrected chi connectivity index (χ4v) is 6.00. The third-order valence-corrected chi connectivity index (χ3v) is 7.53. The van der Waals surface area contributed by atoms with Gasteiger partial charge in [-0.25, -0.2) is 0 Å². The summed E-state index contributed by atoms with van der Waals surface area (Å²) in [7, 11) is 1.92. The maximum Gasteiger partial charge on any atom is 0.0639 e. The van der Waals surface area contributed by atoms with E-state index in [9.17, 15) is 0 Å². The summed E-state index contributed by atoms with van der Waals surface area (Å²) in [5.74, 6) is 0. The molecule has 2 saturated heterocycles. The standard InChI is InChI=1S/C23H36ClN3O/c1-28-22-8-3-9-23(22)10-4-11-26(19-23)13-5-12-25-14-16-27(17-15-25)21-7-2-6-20(24)18-21/h2,6-7,18,22H,3-5,8-17,19H2,1H3. The van der Waals surface area contributed by atoms with Crippen LogP contribution in [0.25, 0.3) is 0 Å². The summed E-state index contributed by atoms with van der Waals surface area (Å²) in [5, 5.41) is 0.831. The minimum Gasteiger partial charge on any atom is -0.381 e. The van der Waals surface area contributed by atoms with Gasteiger partial charge in [0.2, 0.25) is 0 Å². The third kappa shape index (κ3) is 4.67. The number of methoxy groups -OCH3 is 1. The first-order valence-electron chi connectivity index (χ1n) is 11.2. The highest BCUT2D eigenvalue weighted by Crippen LogP contribution is 2.46. The van der Waals surface area contributed by atoms with Crippen molar-refractivity contribution < 1.29 is 4.74 Å². The molecule has 3 aliphatic rings. The summed E-state index contributed by atoms with van der Waals surface area (Å²) in [4.78, 5) is 7.82. The second-order valence-corrected chi connectivity index (χ2v) is 9.46. The number of ether oxygens (including phenoxy) is 1. The van der Waals surface area contributed by atoms with Crippen LogP contribution < -0.4 is 4.90 Å². The van der Waals surface area contributed by atoms with Crippen LogP contribution in [-0.2, 0) is 4.74 Å². The van der Waals surface area contributed by atoms with Crippen LogP contribution in [-0.4, -0.2) is 75.4 Å². The molecule has 2 aliphatic heterocycles. The number of nitrogens with zero attached hydrogens (tertiary/aromatic N) is 3. The molecule has 1 aromatic rings. The molecule has 1 spiro atoms. The summed E-state index contributed by atoms with van der Waals surface area (Å²) in [6.07, 6.45) is 8.48. The van der Waals surface area contributed by atoms with Gasteiger partial charge in [-0.3, -0.25) is 4.90 Å². The van der Waals surface area contributed by atoms with Gasteiger partial charge < -0.3 is 14.5 Å². The lowest BCUT2D eigenvalue weighted by Crippen LogP contribution is -2.49. The van der Waals surface area contributed by atoms with E-state index < -0.39 is 0 Å². The zero-order chi connectivity index (χ0) is 19.4. The molecule has 0 radical (unpaired) electrons. The van der Waals surface area contributed by atoms with Crippen LogP contribution in [0.4, 0.5) is 5.69 Å². The van der Waals surface area contributed by atoms with Gasteiger partial charge in [-0.2, -0.15) is 0 Å². The number of anilines is 1. The minimum absolute atomic E-state index is 0.454. The zero-order valence-corrected chi connectivity index (χ0v) is 18.2. The van der Waals surface area contributed by atoms with E-state index in [1.807, 2.05) is 19.2 Å².